The first-order valence-electron chi connectivity index (χ1n) is 7.03. The van der Waals surface area contributed by atoms with E-state index in [1.807, 2.05) is 6.07 Å². The van der Waals surface area contributed by atoms with Gasteiger partial charge in [0.2, 0.25) is 0 Å². The topological polar surface area (TPSA) is 38.5 Å². The molecule has 1 unspecified atom stereocenters. The molecule has 3 rings (SSSR count). The Hall–Kier alpha value is -1.06. The molecule has 3 heteroatoms. The summed E-state index contributed by atoms with van der Waals surface area (Å²) in [6.07, 6.45) is 5.31. The van der Waals surface area contributed by atoms with Gasteiger partial charge in [0.15, 0.2) is 0 Å². The molecule has 0 saturated carbocycles. The van der Waals surface area contributed by atoms with E-state index >= 15 is 0 Å². The summed E-state index contributed by atoms with van der Waals surface area (Å²) in [5, 5.41) is 0. The summed E-state index contributed by atoms with van der Waals surface area (Å²) in [6.45, 7) is 4.13. The van der Waals surface area contributed by atoms with Gasteiger partial charge in [-0.15, -0.1) is 0 Å². The highest BCUT2D eigenvalue weighted by atomic mass is 16.5. The molecule has 1 aromatic carbocycles. The number of rotatable bonds is 2. The molecule has 2 aliphatic rings. The Labute approximate surface area is 109 Å². The molecule has 0 aliphatic carbocycles. The van der Waals surface area contributed by atoms with Crippen molar-refractivity contribution in [3.63, 3.8) is 0 Å². The fourth-order valence-corrected chi connectivity index (χ4v) is 3.06. The van der Waals surface area contributed by atoms with Crippen LogP contribution in [-0.2, 0) is 17.7 Å². The summed E-state index contributed by atoms with van der Waals surface area (Å²) < 4.78 is 5.83. The number of nitrogen functional groups attached to an aromatic ring is 1. The zero-order chi connectivity index (χ0) is 12.4. The number of fused-ring (bicyclic) bond motifs is 1. The molecule has 3 nitrogen and oxygen atoms in total. The molecule has 1 fully saturated rings. The fraction of sp³-hybridized carbons (Fsp3) is 0.600. The minimum Gasteiger partial charge on any atom is -0.398 e. The van der Waals surface area contributed by atoms with Gasteiger partial charge in [-0.2, -0.15) is 0 Å². The van der Waals surface area contributed by atoms with Gasteiger partial charge in [0.25, 0.3) is 0 Å². The van der Waals surface area contributed by atoms with Gasteiger partial charge in [0.1, 0.15) is 0 Å². The van der Waals surface area contributed by atoms with Crippen LogP contribution in [0.3, 0.4) is 0 Å². The van der Waals surface area contributed by atoms with Gasteiger partial charge in [0, 0.05) is 31.9 Å². The highest BCUT2D eigenvalue weighted by Gasteiger charge is 2.22. The first-order valence-corrected chi connectivity index (χ1v) is 7.03. The van der Waals surface area contributed by atoms with Crippen LogP contribution in [0.25, 0.3) is 0 Å². The predicted molar refractivity (Wildman–Crippen MR) is 73.4 cm³/mol. The lowest BCUT2D eigenvalue weighted by Crippen LogP contribution is -2.39. The molecule has 1 atom stereocenters. The first-order chi connectivity index (χ1) is 8.83. The van der Waals surface area contributed by atoms with E-state index in [-0.39, 0.29) is 0 Å². The molecule has 1 saturated heterocycles. The maximum atomic E-state index is 6.08. The number of nitrogens with zero attached hydrogens (tertiary/aromatic N) is 1. The maximum absolute atomic E-state index is 6.08. The Kier molecular flexibility index (Phi) is 3.52. The number of benzene rings is 1. The van der Waals surface area contributed by atoms with Crippen molar-refractivity contribution in [3.8, 4) is 0 Å². The molecule has 1 aromatic rings. The van der Waals surface area contributed by atoms with Gasteiger partial charge in [0.05, 0.1) is 6.10 Å². The molecule has 2 heterocycles. The number of hydrogen-bond acceptors (Lipinski definition) is 3. The minimum absolute atomic E-state index is 0.435. The van der Waals surface area contributed by atoms with E-state index in [1.54, 1.807) is 0 Å². The monoisotopic (exact) mass is 246 g/mol. The number of hydrogen-bond donors (Lipinski definition) is 1. The highest BCUT2D eigenvalue weighted by molar-refractivity contribution is 5.51. The quantitative estimate of drug-likeness (QED) is 0.813. The second-order valence-corrected chi connectivity index (χ2v) is 5.46. The molecule has 0 radical (unpaired) electrons. The van der Waals surface area contributed by atoms with Crippen molar-refractivity contribution in [2.75, 3.05) is 25.4 Å². The minimum atomic E-state index is 0.435. The summed E-state index contributed by atoms with van der Waals surface area (Å²) in [4.78, 5) is 2.49. The van der Waals surface area contributed by atoms with Crippen LogP contribution in [0, 0.1) is 0 Å². The van der Waals surface area contributed by atoms with E-state index in [0.717, 1.165) is 38.3 Å². The van der Waals surface area contributed by atoms with Gasteiger partial charge >= 0.3 is 0 Å². The van der Waals surface area contributed by atoms with Gasteiger partial charge in [-0.05, 0) is 42.9 Å². The second-order valence-electron chi connectivity index (χ2n) is 5.46. The highest BCUT2D eigenvalue weighted by Crippen LogP contribution is 2.25. The van der Waals surface area contributed by atoms with E-state index in [4.69, 9.17) is 10.5 Å². The SMILES string of the molecule is Nc1cccc2c1CN(CC1CCCCO1)CC2. The Morgan fingerprint density at radius 3 is 3.11 bits per heavy atom. The summed E-state index contributed by atoms with van der Waals surface area (Å²) >= 11 is 0. The van der Waals surface area contributed by atoms with Crippen molar-refractivity contribution in [1.29, 1.82) is 0 Å². The van der Waals surface area contributed by atoms with Crippen LogP contribution in [0.15, 0.2) is 18.2 Å². The largest absolute Gasteiger partial charge is 0.398 e. The smallest absolute Gasteiger partial charge is 0.0702 e. The van der Waals surface area contributed by atoms with E-state index in [2.05, 4.69) is 17.0 Å². The van der Waals surface area contributed by atoms with Crippen molar-refractivity contribution in [2.45, 2.75) is 38.3 Å². The molecule has 18 heavy (non-hydrogen) atoms. The van der Waals surface area contributed by atoms with Crippen molar-refractivity contribution in [2.24, 2.45) is 0 Å². The Bertz CT molecular complexity index is 413. The lowest BCUT2D eigenvalue weighted by atomic mass is 9.97. The fourth-order valence-electron chi connectivity index (χ4n) is 3.06. The van der Waals surface area contributed by atoms with Crippen LogP contribution in [0.5, 0.6) is 0 Å². The van der Waals surface area contributed by atoms with Gasteiger partial charge in [-0.3, -0.25) is 4.90 Å². The standard InChI is InChI=1S/C15H22N2O/c16-15-6-3-4-12-7-8-17(11-14(12)15)10-13-5-1-2-9-18-13/h3-4,6,13H,1-2,5,7-11,16H2. The van der Waals surface area contributed by atoms with Crippen LogP contribution >= 0.6 is 0 Å². The normalized spacial score (nSPS) is 24.8. The van der Waals surface area contributed by atoms with Crippen LogP contribution in [0.4, 0.5) is 5.69 Å². The molecular weight excluding hydrogens is 224 g/mol. The predicted octanol–water partition coefficient (Wildman–Crippen LogP) is 2.20. The number of nitrogens with two attached hydrogens (primary N) is 1. The average Bonchev–Trinajstić information content (AvgIpc) is 2.41. The zero-order valence-corrected chi connectivity index (χ0v) is 10.9. The zero-order valence-electron chi connectivity index (χ0n) is 10.9. The van der Waals surface area contributed by atoms with Crippen LogP contribution in [-0.4, -0.2) is 30.7 Å². The van der Waals surface area contributed by atoms with Crippen LogP contribution in [0.2, 0.25) is 0 Å². The van der Waals surface area contributed by atoms with Crippen molar-refractivity contribution in [3.05, 3.63) is 29.3 Å². The van der Waals surface area contributed by atoms with E-state index in [1.165, 1.54) is 30.4 Å². The van der Waals surface area contributed by atoms with E-state index in [0.29, 0.717) is 6.10 Å². The molecule has 98 valence electrons. The molecule has 0 spiro atoms. The number of anilines is 1. The number of ether oxygens (including phenoxy) is 1. The van der Waals surface area contributed by atoms with Gasteiger partial charge in [-0.25, -0.2) is 0 Å². The van der Waals surface area contributed by atoms with Crippen molar-refractivity contribution in [1.82, 2.24) is 4.90 Å². The van der Waals surface area contributed by atoms with Crippen LogP contribution in [0.1, 0.15) is 30.4 Å². The van der Waals surface area contributed by atoms with Crippen molar-refractivity contribution >= 4 is 5.69 Å². The average molecular weight is 246 g/mol. The molecular formula is C15H22N2O. The van der Waals surface area contributed by atoms with Gasteiger partial charge in [-0.1, -0.05) is 12.1 Å². The van der Waals surface area contributed by atoms with E-state index < -0.39 is 0 Å². The summed E-state index contributed by atoms with van der Waals surface area (Å²) in [5.74, 6) is 0. The molecule has 0 amide bonds. The second kappa shape index (κ2) is 5.29. The van der Waals surface area contributed by atoms with E-state index in [9.17, 15) is 0 Å². The summed E-state index contributed by atoms with van der Waals surface area (Å²) in [5.41, 5.74) is 9.78. The summed E-state index contributed by atoms with van der Waals surface area (Å²) in [7, 11) is 0. The maximum Gasteiger partial charge on any atom is 0.0702 e. The third-order valence-electron chi connectivity index (χ3n) is 4.12. The molecule has 2 N–H and O–H groups in total. The first kappa shape index (κ1) is 12.0. The molecule has 2 aliphatic heterocycles. The lowest BCUT2D eigenvalue weighted by Gasteiger charge is -2.33. The Balaban J connectivity index is 1.65. The molecule has 0 aromatic heterocycles. The third-order valence-corrected chi connectivity index (χ3v) is 4.12. The Morgan fingerprint density at radius 2 is 2.28 bits per heavy atom. The summed E-state index contributed by atoms with van der Waals surface area (Å²) in [6, 6.07) is 6.29. The third kappa shape index (κ3) is 2.52. The Morgan fingerprint density at radius 1 is 1.33 bits per heavy atom. The lowest BCUT2D eigenvalue weighted by molar-refractivity contribution is -0.00797. The molecule has 0 bridgehead atoms. The van der Waals surface area contributed by atoms with Gasteiger partial charge < -0.3 is 10.5 Å². The van der Waals surface area contributed by atoms with Crippen LogP contribution < -0.4 is 5.73 Å². The van der Waals surface area contributed by atoms with Crippen molar-refractivity contribution < 1.29 is 4.74 Å².